The van der Waals surface area contributed by atoms with Crippen molar-refractivity contribution >= 4 is 23.9 Å². The standard InChI is InChI=1S/C30H50N4O7/c1-19(2)17-24(27(37)38)34-26(36)23(18-20-12-14-21(15-13-20)40-29(3,4)5)33-25(35)22(31)11-9-10-16-32-28(39)41-30(6,7)8/h12-15,19,22-24H,9-11,16-18,31H2,1-8H3,(H,32,39)(H,33,35)(H,34,36)(H,37,38)/t22-,23-,24-/m0/s1. The van der Waals surface area contributed by atoms with E-state index in [1.54, 1.807) is 45.0 Å². The highest BCUT2D eigenvalue weighted by atomic mass is 16.6. The molecule has 6 N–H and O–H groups in total. The van der Waals surface area contributed by atoms with E-state index in [4.69, 9.17) is 15.2 Å². The van der Waals surface area contributed by atoms with Crippen LogP contribution in [0, 0.1) is 5.92 Å². The number of carboxylic acids is 1. The molecule has 232 valence electrons. The normalized spacial score (nSPS) is 14.0. The number of carbonyl (C=O) groups is 4. The van der Waals surface area contributed by atoms with Gasteiger partial charge in [-0.05, 0) is 90.8 Å². The average molecular weight is 579 g/mol. The van der Waals surface area contributed by atoms with E-state index >= 15 is 0 Å². The summed E-state index contributed by atoms with van der Waals surface area (Å²) in [4.78, 5) is 49.7. The van der Waals surface area contributed by atoms with E-state index in [1.165, 1.54) is 0 Å². The first kappa shape index (κ1) is 35.7. The average Bonchev–Trinajstić information content (AvgIpc) is 2.81. The van der Waals surface area contributed by atoms with Gasteiger partial charge in [-0.15, -0.1) is 0 Å². The Kier molecular flexibility index (Phi) is 14.1. The van der Waals surface area contributed by atoms with E-state index in [2.05, 4.69) is 16.0 Å². The molecule has 11 heteroatoms. The number of unbranched alkanes of at least 4 members (excludes halogenated alkanes) is 1. The van der Waals surface area contributed by atoms with Gasteiger partial charge in [0.25, 0.3) is 0 Å². The number of aliphatic carboxylic acids is 1. The Morgan fingerprint density at radius 2 is 1.46 bits per heavy atom. The van der Waals surface area contributed by atoms with E-state index in [0.29, 0.717) is 31.6 Å². The summed E-state index contributed by atoms with van der Waals surface area (Å²) in [5.74, 6) is -1.56. The molecule has 1 aromatic carbocycles. The number of hydrogen-bond acceptors (Lipinski definition) is 7. The molecule has 0 heterocycles. The van der Waals surface area contributed by atoms with Gasteiger partial charge in [0.15, 0.2) is 0 Å². The zero-order valence-electron chi connectivity index (χ0n) is 25.8. The van der Waals surface area contributed by atoms with Gasteiger partial charge in [-0.1, -0.05) is 26.0 Å². The smallest absolute Gasteiger partial charge is 0.407 e. The molecule has 1 aromatic rings. The molecule has 0 aliphatic heterocycles. The molecule has 1 rings (SSSR count). The topological polar surface area (TPSA) is 169 Å². The number of benzene rings is 1. The van der Waals surface area contributed by atoms with Crippen molar-refractivity contribution in [3.05, 3.63) is 29.8 Å². The van der Waals surface area contributed by atoms with Crippen LogP contribution in [0.15, 0.2) is 24.3 Å². The maximum atomic E-state index is 13.2. The minimum absolute atomic E-state index is 0.0398. The Balaban J connectivity index is 2.85. The summed E-state index contributed by atoms with van der Waals surface area (Å²) < 4.78 is 11.0. The summed E-state index contributed by atoms with van der Waals surface area (Å²) >= 11 is 0. The number of nitrogens with one attached hydrogen (secondary N) is 3. The first-order valence-corrected chi connectivity index (χ1v) is 14.2. The minimum Gasteiger partial charge on any atom is -0.488 e. The van der Waals surface area contributed by atoms with Gasteiger partial charge in [0, 0.05) is 13.0 Å². The molecule has 0 bridgehead atoms. The third-order valence-corrected chi connectivity index (χ3v) is 5.69. The van der Waals surface area contributed by atoms with Crippen LogP contribution in [0.25, 0.3) is 0 Å². The van der Waals surface area contributed by atoms with E-state index in [9.17, 15) is 24.3 Å². The zero-order valence-corrected chi connectivity index (χ0v) is 25.8. The van der Waals surface area contributed by atoms with Crippen LogP contribution >= 0.6 is 0 Å². The fourth-order valence-corrected chi connectivity index (χ4v) is 3.86. The minimum atomic E-state index is -1.14. The molecule has 0 aliphatic rings. The van der Waals surface area contributed by atoms with Crippen molar-refractivity contribution < 1.29 is 33.8 Å². The molecule has 0 spiro atoms. The number of nitrogens with two attached hydrogens (primary N) is 1. The maximum absolute atomic E-state index is 13.2. The first-order valence-electron chi connectivity index (χ1n) is 14.2. The van der Waals surface area contributed by atoms with Gasteiger partial charge in [0.2, 0.25) is 11.8 Å². The molecule has 0 aromatic heterocycles. The second-order valence-electron chi connectivity index (χ2n) is 12.7. The van der Waals surface area contributed by atoms with Gasteiger partial charge >= 0.3 is 12.1 Å². The molecule has 3 amide bonds. The van der Waals surface area contributed by atoms with Gasteiger partial charge in [-0.3, -0.25) is 9.59 Å². The van der Waals surface area contributed by atoms with Gasteiger partial charge in [0.05, 0.1) is 6.04 Å². The molecule has 11 nitrogen and oxygen atoms in total. The van der Waals surface area contributed by atoms with Crippen molar-refractivity contribution in [1.29, 1.82) is 0 Å². The van der Waals surface area contributed by atoms with Crippen LogP contribution in [0.4, 0.5) is 4.79 Å². The second kappa shape index (κ2) is 16.2. The third kappa shape index (κ3) is 15.9. The SMILES string of the molecule is CC(C)C[C@H](NC(=O)[C@H](Cc1ccc(OC(C)(C)C)cc1)NC(=O)[C@@H](N)CCCCNC(=O)OC(C)(C)C)C(=O)O. The van der Waals surface area contributed by atoms with Crippen molar-refractivity contribution in [1.82, 2.24) is 16.0 Å². The van der Waals surface area contributed by atoms with Gasteiger partial charge in [-0.2, -0.15) is 0 Å². The number of alkyl carbamates (subject to hydrolysis) is 1. The van der Waals surface area contributed by atoms with Crippen LogP contribution in [-0.4, -0.2) is 64.9 Å². The molecular weight excluding hydrogens is 528 g/mol. The third-order valence-electron chi connectivity index (χ3n) is 5.69. The summed E-state index contributed by atoms with van der Waals surface area (Å²) in [5.41, 5.74) is 5.90. The van der Waals surface area contributed by atoms with Crippen molar-refractivity contribution in [2.24, 2.45) is 11.7 Å². The quantitative estimate of drug-likeness (QED) is 0.197. The molecule has 0 aliphatic carbocycles. The Morgan fingerprint density at radius 3 is 1.98 bits per heavy atom. The van der Waals surface area contributed by atoms with E-state index < -0.39 is 47.6 Å². The summed E-state index contributed by atoms with van der Waals surface area (Å²) in [6.45, 7) is 15.3. The molecule has 0 radical (unpaired) electrons. The van der Waals surface area contributed by atoms with Gasteiger partial charge in [-0.25, -0.2) is 9.59 Å². The van der Waals surface area contributed by atoms with Crippen molar-refractivity contribution in [2.45, 2.75) is 117 Å². The lowest BCUT2D eigenvalue weighted by molar-refractivity contribution is -0.142. The van der Waals surface area contributed by atoms with Crippen molar-refractivity contribution in [3.8, 4) is 5.75 Å². The molecule has 0 fully saturated rings. The number of carboxylic acid groups (broad SMARTS) is 1. The predicted octanol–water partition coefficient (Wildman–Crippen LogP) is 3.53. The lowest BCUT2D eigenvalue weighted by Gasteiger charge is -2.24. The molecule has 0 saturated carbocycles. The number of rotatable bonds is 15. The monoisotopic (exact) mass is 578 g/mol. The second-order valence-corrected chi connectivity index (χ2v) is 12.7. The summed E-state index contributed by atoms with van der Waals surface area (Å²) in [7, 11) is 0. The highest BCUT2D eigenvalue weighted by Gasteiger charge is 2.29. The largest absolute Gasteiger partial charge is 0.488 e. The van der Waals surface area contributed by atoms with Crippen molar-refractivity contribution in [2.75, 3.05) is 6.54 Å². The molecular formula is C30H50N4O7. The number of carbonyl (C=O) groups excluding carboxylic acids is 3. The molecule has 3 atom stereocenters. The highest BCUT2D eigenvalue weighted by molar-refractivity contribution is 5.92. The Labute approximate surface area is 244 Å². The predicted molar refractivity (Wildman–Crippen MR) is 158 cm³/mol. The lowest BCUT2D eigenvalue weighted by atomic mass is 10.0. The highest BCUT2D eigenvalue weighted by Crippen LogP contribution is 2.19. The fourth-order valence-electron chi connectivity index (χ4n) is 3.86. The van der Waals surface area contributed by atoms with Crippen LogP contribution in [0.2, 0.25) is 0 Å². The summed E-state index contributed by atoms with van der Waals surface area (Å²) in [5, 5.41) is 17.5. The number of hydrogen-bond donors (Lipinski definition) is 5. The van der Waals surface area contributed by atoms with E-state index in [1.807, 2.05) is 34.6 Å². The summed E-state index contributed by atoms with van der Waals surface area (Å²) in [6.07, 6.45) is 1.35. The van der Waals surface area contributed by atoms with Gasteiger partial charge in [0.1, 0.15) is 29.0 Å². The number of amides is 3. The van der Waals surface area contributed by atoms with Crippen LogP contribution in [0.3, 0.4) is 0 Å². The Morgan fingerprint density at radius 1 is 0.878 bits per heavy atom. The maximum Gasteiger partial charge on any atom is 0.407 e. The fraction of sp³-hybridized carbons (Fsp3) is 0.667. The van der Waals surface area contributed by atoms with Crippen LogP contribution < -0.4 is 26.4 Å². The zero-order chi connectivity index (χ0) is 31.4. The van der Waals surface area contributed by atoms with Crippen LogP contribution in [0.5, 0.6) is 5.75 Å². The van der Waals surface area contributed by atoms with Crippen molar-refractivity contribution in [3.63, 3.8) is 0 Å². The van der Waals surface area contributed by atoms with E-state index in [0.717, 1.165) is 5.56 Å². The van der Waals surface area contributed by atoms with Gasteiger partial charge < -0.3 is 36.3 Å². The molecule has 0 saturated heterocycles. The Bertz CT molecular complexity index is 998. The molecule has 41 heavy (non-hydrogen) atoms. The lowest BCUT2D eigenvalue weighted by Crippen LogP contribution is -2.55. The number of ether oxygens (including phenoxy) is 2. The van der Waals surface area contributed by atoms with Crippen LogP contribution in [0.1, 0.15) is 86.6 Å². The van der Waals surface area contributed by atoms with Crippen LogP contribution in [-0.2, 0) is 25.5 Å². The summed E-state index contributed by atoms with van der Waals surface area (Å²) in [6, 6.07) is 4.16. The first-order chi connectivity index (χ1) is 18.9. The van der Waals surface area contributed by atoms with E-state index in [-0.39, 0.29) is 24.4 Å². The Hall–Kier alpha value is -3.34. The molecule has 0 unspecified atom stereocenters.